The van der Waals surface area contributed by atoms with E-state index in [4.69, 9.17) is 0 Å². The molecule has 0 aliphatic carbocycles. The summed E-state index contributed by atoms with van der Waals surface area (Å²) in [7, 11) is 1.78. The number of aromatic nitrogens is 3. The van der Waals surface area contributed by atoms with Gasteiger partial charge in [-0.1, -0.05) is 13.3 Å². The third-order valence-electron chi connectivity index (χ3n) is 4.13. The SMILES string of the molecule is CCCC(CNC(=O)c1cnn(C)c1-n1c(C)ccc1C)C(=O)O. The molecule has 2 aromatic rings. The first-order chi connectivity index (χ1) is 11.4. The summed E-state index contributed by atoms with van der Waals surface area (Å²) in [6, 6.07) is 3.96. The normalized spacial score (nSPS) is 12.2. The van der Waals surface area contributed by atoms with E-state index < -0.39 is 11.9 Å². The molecule has 0 saturated heterocycles. The molecule has 0 fully saturated rings. The molecule has 0 radical (unpaired) electrons. The van der Waals surface area contributed by atoms with Gasteiger partial charge in [0.2, 0.25) is 0 Å². The molecule has 2 N–H and O–H groups in total. The van der Waals surface area contributed by atoms with E-state index in [2.05, 4.69) is 10.4 Å². The molecule has 130 valence electrons. The number of aliphatic carboxylic acids is 1. The average molecular weight is 332 g/mol. The molecule has 0 aliphatic rings. The molecule has 0 bridgehead atoms. The Morgan fingerprint density at radius 3 is 2.46 bits per heavy atom. The van der Waals surface area contributed by atoms with Crippen molar-refractivity contribution in [3.63, 3.8) is 0 Å². The molecular weight excluding hydrogens is 308 g/mol. The Morgan fingerprint density at radius 2 is 1.92 bits per heavy atom. The fraction of sp³-hybridized carbons (Fsp3) is 0.471. The fourth-order valence-corrected chi connectivity index (χ4v) is 2.83. The summed E-state index contributed by atoms with van der Waals surface area (Å²) in [5.41, 5.74) is 2.43. The highest BCUT2D eigenvalue weighted by atomic mass is 16.4. The van der Waals surface area contributed by atoms with Gasteiger partial charge < -0.3 is 15.0 Å². The largest absolute Gasteiger partial charge is 0.481 e. The van der Waals surface area contributed by atoms with Crippen molar-refractivity contribution in [2.75, 3.05) is 6.54 Å². The number of hydrogen-bond donors (Lipinski definition) is 2. The van der Waals surface area contributed by atoms with Gasteiger partial charge in [0, 0.05) is 25.0 Å². The van der Waals surface area contributed by atoms with Gasteiger partial charge >= 0.3 is 5.97 Å². The van der Waals surface area contributed by atoms with Crippen LogP contribution in [-0.2, 0) is 11.8 Å². The maximum atomic E-state index is 12.6. The van der Waals surface area contributed by atoms with Crippen LogP contribution in [0.4, 0.5) is 0 Å². The van der Waals surface area contributed by atoms with E-state index in [0.717, 1.165) is 17.8 Å². The maximum Gasteiger partial charge on any atom is 0.308 e. The summed E-state index contributed by atoms with van der Waals surface area (Å²) < 4.78 is 3.61. The topological polar surface area (TPSA) is 89.2 Å². The Balaban J connectivity index is 2.24. The van der Waals surface area contributed by atoms with Crippen LogP contribution in [0.3, 0.4) is 0 Å². The van der Waals surface area contributed by atoms with Crippen LogP contribution < -0.4 is 5.32 Å². The predicted octanol–water partition coefficient (Wildman–Crippen LogP) is 2.06. The molecule has 2 aromatic heterocycles. The van der Waals surface area contributed by atoms with Crippen LogP contribution in [0.5, 0.6) is 0 Å². The molecule has 2 rings (SSSR count). The van der Waals surface area contributed by atoms with Gasteiger partial charge in [0.05, 0.1) is 12.1 Å². The number of nitrogens with one attached hydrogen (secondary N) is 1. The van der Waals surface area contributed by atoms with Gasteiger partial charge in [-0.05, 0) is 32.4 Å². The van der Waals surface area contributed by atoms with Crippen molar-refractivity contribution in [1.82, 2.24) is 19.7 Å². The molecule has 2 heterocycles. The molecule has 7 heteroatoms. The van der Waals surface area contributed by atoms with Crippen LogP contribution in [0.1, 0.15) is 41.5 Å². The highest BCUT2D eigenvalue weighted by molar-refractivity contribution is 5.97. The number of amides is 1. The van der Waals surface area contributed by atoms with E-state index >= 15 is 0 Å². The zero-order valence-corrected chi connectivity index (χ0v) is 14.5. The first-order valence-corrected chi connectivity index (χ1v) is 8.05. The van der Waals surface area contributed by atoms with Crippen LogP contribution in [0, 0.1) is 19.8 Å². The van der Waals surface area contributed by atoms with E-state index in [1.165, 1.54) is 6.20 Å². The first kappa shape index (κ1) is 17.8. The van der Waals surface area contributed by atoms with Gasteiger partial charge in [0.1, 0.15) is 11.4 Å². The number of carboxylic acid groups (broad SMARTS) is 1. The van der Waals surface area contributed by atoms with Crippen molar-refractivity contribution in [3.05, 3.63) is 35.3 Å². The molecule has 7 nitrogen and oxygen atoms in total. The third-order valence-corrected chi connectivity index (χ3v) is 4.13. The second kappa shape index (κ2) is 7.33. The maximum absolute atomic E-state index is 12.6. The lowest BCUT2D eigenvalue weighted by Crippen LogP contribution is -2.33. The van der Waals surface area contributed by atoms with Crippen LogP contribution in [-0.4, -0.2) is 37.9 Å². The van der Waals surface area contributed by atoms with E-state index in [-0.39, 0.29) is 12.5 Å². The van der Waals surface area contributed by atoms with Gasteiger partial charge in [-0.25, -0.2) is 0 Å². The van der Waals surface area contributed by atoms with Gasteiger partial charge in [-0.2, -0.15) is 5.10 Å². The quantitative estimate of drug-likeness (QED) is 0.812. The van der Waals surface area contributed by atoms with Crippen LogP contribution >= 0.6 is 0 Å². The molecular formula is C17H24N4O3. The van der Waals surface area contributed by atoms with E-state index in [9.17, 15) is 14.7 Å². The molecule has 24 heavy (non-hydrogen) atoms. The Morgan fingerprint density at radius 1 is 1.29 bits per heavy atom. The highest BCUT2D eigenvalue weighted by Gasteiger charge is 2.22. The molecule has 0 aliphatic heterocycles. The summed E-state index contributed by atoms with van der Waals surface area (Å²) in [5.74, 6) is -1.10. The van der Waals surface area contributed by atoms with Crippen LogP contribution in [0.15, 0.2) is 18.3 Å². The third kappa shape index (κ3) is 3.50. The number of carbonyl (C=O) groups is 2. The second-order valence-electron chi connectivity index (χ2n) is 5.99. The first-order valence-electron chi connectivity index (χ1n) is 8.05. The molecule has 0 spiro atoms. The minimum atomic E-state index is -0.888. The number of carbonyl (C=O) groups excluding carboxylic acids is 1. The van der Waals surface area contributed by atoms with Crippen molar-refractivity contribution in [2.24, 2.45) is 13.0 Å². The standard InChI is InChI=1S/C17H24N4O3/c1-5-6-13(17(23)24)9-18-15(22)14-10-19-20(4)16(14)21-11(2)7-8-12(21)3/h7-8,10,13H,5-6,9H2,1-4H3,(H,18,22)(H,23,24). The van der Waals surface area contributed by atoms with E-state index in [0.29, 0.717) is 17.8 Å². The fourth-order valence-electron chi connectivity index (χ4n) is 2.83. The van der Waals surface area contributed by atoms with Gasteiger partial charge in [0.25, 0.3) is 5.91 Å². The lowest BCUT2D eigenvalue weighted by atomic mass is 10.0. The Bertz CT molecular complexity index is 726. The van der Waals surface area contributed by atoms with Crippen molar-refractivity contribution >= 4 is 11.9 Å². The second-order valence-corrected chi connectivity index (χ2v) is 5.99. The number of aryl methyl sites for hydroxylation is 3. The molecule has 1 amide bonds. The minimum Gasteiger partial charge on any atom is -0.481 e. The van der Waals surface area contributed by atoms with E-state index in [1.807, 2.05) is 37.5 Å². The van der Waals surface area contributed by atoms with Crippen molar-refractivity contribution in [3.8, 4) is 5.82 Å². The number of rotatable bonds is 7. The highest BCUT2D eigenvalue weighted by Crippen LogP contribution is 2.20. The van der Waals surface area contributed by atoms with Crippen LogP contribution in [0.25, 0.3) is 5.82 Å². The zero-order valence-electron chi connectivity index (χ0n) is 14.5. The Labute approximate surface area is 141 Å². The lowest BCUT2D eigenvalue weighted by Gasteiger charge is -2.14. The monoisotopic (exact) mass is 332 g/mol. The van der Waals surface area contributed by atoms with Gasteiger partial charge in [-0.3, -0.25) is 14.3 Å². The van der Waals surface area contributed by atoms with Gasteiger partial charge in [0.15, 0.2) is 0 Å². The Kier molecular flexibility index (Phi) is 5.43. The molecule has 1 atom stereocenters. The van der Waals surface area contributed by atoms with Crippen molar-refractivity contribution in [2.45, 2.75) is 33.6 Å². The average Bonchev–Trinajstić information content (AvgIpc) is 3.05. The van der Waals surface area contributed by atoms with Gasteiger partial charge in [-0.15, -0.1) is 0 Å². The number of nitrogens with zero attached hydrogens (tertiary/aromatic N) is 3. The van der Waals surface area contributed by atoms with E-state index in [1.54, 1.807) is 11.7 Å². The summed E-state index contributed by atoms with van der Waals surface area (Å²) in [4.78, 5) is 23.8. The number of hydrogen-bond acceptors (Lipinski definition) is 3. The zero-order chi connectivity index (χ0) is 17.9. The summed E-state index contributed by atoms with van der Waals surface area (Å²) in [6.45, 7) is 5.96. The summed E-state index contributed by atoms with van der Waals surface area (Å²) in [6.07, 6.45) is 2.80. The molecule has 0 aromatic carbocycles. The lowest BCUT2D eigenvalue weighted by molar-refractivity contribution is -0.141. The van der Waals surface area contributed by atoms with Crippen molar-refractivity contribution < 1.29 is 14.7 Å². The van der Waals surface area contributed by atoms with Crippen molar-refractivity contribution in [1.29, 1.82) is 0 Å². The molecule has 1 unspecified atom stereocenters. The summed E-state index contributed by atoms with van der Waals surface area (Å²) in [5, 5.41) is 16.1. The smallest absolute Gasteiger partial charge is 0.308 e. The Hall–Kier alpha value is -2.57. The molecule has 0 saturated carbocycles. The predicted molar refractivity (Wildman–Crippen MR) is 90.4 cm³/mol. The van der Waals surface area contributed by atoms with Crippen LogP contribution in [0.2, 0.25) is 0 Å². The summed E-state index contributed by atoms with van der Waals surface area (Å²) >= 11 is 0. The minimum absolute atomic E-state index is 0.111. The number of carboxylic acids is 1.